The van der Waals surface area contributed by atoms with Crippen LogP contribution in [0.5, 0.6) is 11.5 Å². The van der Waals surface area contributed by atoms with E-state index in [9.17, 15) is 0 Å². The Bertz CT molecular complexity index is 588. The van der Waals surface area contributed by atoms with Gasteiger partial charge in [-0.2, -0.15) is 0 Å². The van der Waals surface area contributed by atoms with Gasteiger partial charge in [-0.15, -0.1) is 0 Å². The molecule has 0 aliphatic carbocycles. The summed E-state index contributed by atoms with van der Waals surface area (Å²) in [7, 11) is 1.66. The maximum atomic E-state index is 6.55. The third-order valence-corrected chi connectivity index (χ3v) is 3.50. The van der Waals surface area contributed by atoms with Gasteiger partial charge in [-0.1, -0.05) is 24.3 Å². The molecule has 2 aromatic carbocycles. The summed E-state index contributed by atoms with van der Waals surface area (Å²) in [5, 5.41) is 0. The van der Waals surface area contributed by atoms with Gasteiger partial charge in [-0.05, 0) is 56.2 Å². The third kappa shape index (κ3) is 3.56. The standard InChI is InChI=1S/C18H23NO2/c1-13(2)21-17-7-5-6-15(12-17)18(3,19)14-8-10-16(20-4)11-9-14/h5-13H,19H2,1-4H3. The van der Waals surface area contributed by atoms with Gasteiger partial charge in [0.2, 0.25) is 0 Å². The van der Waals surface area contributed by atoms with Crippen LogP contribution in [-0.2, 0) is 5.54 Å². The molecule has 0 fully saturated rings. The highest BCUT2D eigenvalue weighted by Crippen LogP contribution is 2.30. The number of rotatable bonds is 5. The average molecular weight is 285 g/mol. The first-order valence-electron chi connectivity index (χ1n) is 7.14. The molecule has 0 aliphatic rings. The van der Waals surface area contributed by atoms with Crippen LogP contribution in [0, 0.1) is 0 Å². The lowest BCUT2D eigenvalue weighted by Crippen LogP contribution is -2.34. The second-order valence-electron chi connectivity index (χ2n) is 5.63. The number of hydrogen-bond donors (Lipinski definition) is 1. The molecule has 21 heavy (non-hydrogen) atoms. The van der Waals surface area contributed by atoms with Crippen LogP contribution in [-0.4, -0.2) is 13.2 Å². The molecule has 1 unspecified atom stereocenters. The molecule has 1 atom stereocenters. The Kier molecular flexibility index (Phi) is 4.53. The van der Waals surface area contributed by atoms with E-state index in [2.05, 4.69) is 0 Å². The Balaban J connectivity index is 2.33. The molecule has 3 heteroatoms. The summed E-state index contributed by atoms with van der Waals surface area (Å²) in [5.74, 6) is 1.67. The molecule has 0 saturated heterocycles. The predicted molar refractivity (Wildman–Crippen MR) is 85.8 cm³/mol. The molecule has 0 amide bonds. The third-order valence-electron chi connectivity index (χ3n) is 3.50. The van der Waals surface area contributed by atoms with E-state index in [1.54, 1.807) is 7.11 Å². The first kappa shape index (κ1) is 15.4. The van der Waals surface area contributed by atoms with Crippen molar-refractivity contribution >= 4 is 0 Å². The van der Waals surface area contributed by atoms with Crippen molar-refractivity contribution in [1.82, 2.24) is 0 Å². The zero-order chi connectivity index (χ0) is 15.5. The van der Waals surface area contributed by atoms with Crippen LogP contribution in [0.1, 0.15) is 31.9 Å². The zero-order valence-electron chi connectivity index (χ0n) is 13.1. The molecule has 0 heterocycles. The molecule has 112 valence electrons. The molecule has 0 aliphatic heterocycles. The molecule has 0 spiro atoms. The molecule has 2 aromatic rings. The fraction of sp³-hybridized carbons (Fsp3) is 0.333. The fourth-order valence-corrected chi connectivity index (χ4v) is 2.27. The summed E-state index contributed by atoms with van der Waals surface area (Å²) in [6.45, 7) is 6.03. The molecule has 0 radical (unpaired) electrons. The highest BCUT2D eigenvalue weighted by Gasteiger charge is 2.24. The molecular weight excluding hydrogens is 262 g/mol. The van der Waals surface area contributed by atoms with Crippen LogP contribution in [0.15, 0.2) is 48.5 Å². The summed E-state index contributed by atoms with van der Waals surface area (Å²) in [5.41, 5.74) is 8.03. The van der Waals surface area contributed by atoms with Crippen molar-refractivity contribution in [3.8, 4) is 11.5 Å². The summed E-state index contributed by atoms with van der Waals surface area (Å²) < 4.78 is 10.9. The summed E-state index contributed by atoms with van der Waals surface area (Å²) in [4.78, 5) is 0. The Hall–Kier alpha value is -2.00. The number of hydrogen-bond acceptors (Lipinski definition) is 3. The molecule has 3 nitrogen and oxygen atoms in total. The van der Waals surface area contributed by atoms with E-state index in [0.717, 1.165) is 22.6 Å². The SMILES string of the molecule is COc1ccc(C(C)(N)c2cccc(OC(C)C)c2)cc1. The highest BCUT2D eigenvalue weighted by molar-refractivity contribution is 5.42. The lowest BCUT2D eigenvalue weighted by Gasteiger charge is -2.27. The van der Waals surface area contributed by atoms with Crippen LogP contribution < -0.4 is 15.2 Å². The van der Waals surface area contributed by atoms with Gasteiger partial charge in [-0.3, -0.25) is 0 Å². The normalized spacial score (nSPS) is 13.8. The number of ether oxygens (including phenoxy) is 2. The fourth-order valence-electron chi connectivity index (χ4n) is 2.27. The molecule has 0 aromatic heterocycles. The van der Waals surface area contributed by atoms with E-state index in [1.807, 2.05) is 69.3 Å². The van der Waals surface area contributed by atoms with Gasteiger partial charge in [0.05, 0.1) is 18.8 Å². The van der Waals surface area contributed by atoms with Crippen molar-refractivity contribution in [2.24, 2.45) is 5.73 Å². The minimum absolute atomic E-state index is 0.144. The van der Waals surface area contributed by atoms with Crippen molar-refractivity contribution in [2.75, 3.05) is 7.11 Å². The minimum Gasteiger partial charge on any atom is -0.497 e. The first-order valence-corrected chi connectivity index (χ1v) is 7.14. The van der Waals surface area contributed by atoms with E-state index in [4.69, 9.17) is 15.2 Å². The zero-order valence-corrected chi connectivity index (χ0v) is 13.1. The average Bonchev–Trinajstić information content (AvgIpc) is 2.47. The maximum Gasteiger partial charge on any atom is 0.120 e. The summed E-state index contributed by atoms with van der Waals surface area (Å²) in [6.07, 6.45) is 0.144. The van der Waals surface area contributed by atoms with Crippen LogP contribution in [0.3, 0.4) is 0 Å². The Morgan fingerprint density at radius 1 is 0.952 bits per heavy atom. The lowest BCUT2D eigenvalue weighted by atomic mass is 9.85. The number of methoxy groups -OCH3 is 1. The molecule has 2 rings (SSSR count). The van der Waals surface area contributed by atoms with E-state index >= 15 is 0 Å². The second-order valence-corrected chi connectivity index (χ2v) is 5.63. The van der Waals surface area contributed by atoms with Gasteiger partial charge >= 0.3 is 0 Å². The van der Waals surface area contributed by atoms with Crippen LogP contribution >= 0.6 is 0 Å². The van der Waals surface area contributed by atoms with Gasteiger partial charge in [0.15, 0.2) is 0 Å². The van der Waals surface area contributed by atoms with Gasteiger partial charge in [-0.25, -0.2) is 0 Å². The molecule has 2 N–H and O–H groups in total. The van der Waals surface area contributed by atoms with Crippen LogP contribution in [0.4, 0.5) is 0 Å². The van der Waals surface area contributed by atoms with Crippen molar-refractivity contribution in [3.05, 3.63) is 59.7 Å². The quantitative estimate of drug-likeness (QED) is 0.911. The second kappa shape index (κ2) is 6.19. The summed E-state index contributed by atoms with van der Waals surface area (Å²) >= 11 is 0. The monoisotopic (exact) mass is 285 g/mol. The van der Waals surface area contributed by atoms with Crippen molar-refractivity contribution in [3.63, 3.8) is 0 Å². The van der Waals surface area contributed by atoms with Crippen molar-refractivity contribution in [1.29, 1.82) is 0 Å². The Labute approximate surface area is 126 Å². The van der Waals surface area contributed by atoms with Gasteiger partial charge < -0.3 is 15.2 Å². The van der Waals surface area contributed by atoms with Gasteiger partial charge in [0.25, 0.3) is 0 Å². The number of benzene rings is 2. The number of nitrogens with two attached hydrogens (primary N) is 1. The summed E-state index contributed by atoms with van der Waals surface area (Å²) in [6, 6.07) is 15.8. The Morgan fingerprint density at radius 2 is 1.62 bits per heavy atom. The first-order chi connectivity index (χ1) is 9.93. The van der Waals surface area contributed by atoms with E-state index < -0.39 is 5.54 Å². The van der Waals surface area contributed by atoms with E-state index in [1.165, 1.54) is 0 Å². The van der Waals surface area contributed by atoms with Gasteiger partial charge in [0, 0.05) is 0 Å². The Morgan fingerprint density at radius 3 is 2.19 bits per heavy atom. The van der Waals surface area contributed by atoms with Crippen molar-refractivity contribution in [2.45, 2.75) is 32.4 Å². The lowest BCUT2D eigenvalue weighted by molar-refractivity contribution is 0.242. The molecule has 0 bridgehead atoms. The highest BCUT2D eigenvalue weighted by atomic mass is 16.5. The smallest absolute Gasteiger partial charge is 0.120 e. The molecular formula is C18H23NO2. The predicted octanol–water partition coefficient (Wildman–Crippen LogP) is 3.70. The maximum absolute atomic E-state index is 6.55. The molecule has 0 saturated carbocycles. The van der Waals surface area contributed by atoms with Crippen LogP contribution in [0.25, 0.3) is 0 Å². The van der Waals surface area contributed by atoms with E-state index in [0.29, 0.717) is 0 Å². The van der Waals surface area contributed by atoms with Crippen LogP contribution in [0.2, 0.25) is 0 Å². The minimum atomic E-state index is -0.581. The largest absolute Gasteiger partial charge is 0.497 e. The topological polar surface area (TPSA) is 44.5 Å². The van der Waals surface area contributed by atoms with Gasteiger partial charge in [0.1, 0.15) is 11.5 Å². The van der Waals surface area contributed by atoms with E-state index in [-0.39, 0.29) is 6.10 Å². The van der Waals surface area contributed by atoms with Crippen molar-refractivity contribution < 1.29 is 9.47 Å².